The summed E-state index contributed by atoms with van der Waals surface area (Å²) >= 11 is 11.7. The molecule has 6 heteroatoms. The van der Waals surface area contributed by atoms with Gasteiger partial charge in [-0.2, -0.15) is 0 Å². The summed E-state index contributed by atoms with van der Waals surface area (Å²) in [5.41, 5.74) is -0.388. The summed E-state index contributed by atoms with van der Waals surface area (Å²) < 4.78 is 1.27. The average molecular weight is 317 g/mol. The monoisotopic (exact) mass is 316 g/mol. The van der Waals surface area contributed by atoms with Crippen LogP contribution in [-0.4, -0.2) is 28.5 Å². The lowest BCUT2D eigenvalue weighted by molar-refractivity contribution is -0.133. The molecule has 20 heavy (non-hydrogen) atoms. The van der Waals surface area contributed by atoms with Crippen LogP contribution in [-0.2, 0) is 11.3 Å². The Morgan fingerprint density at radius 1 is 1.35 bits per heavy atom. The van der Waals surface area contributed by atoms with Crippen molar-refractivity contribution in [3.05, 3.63) is 32.7 Å². The normalized spacial score (nSPS) is 16.1. The number of amides is 1. The SMILES string of the molecule is CN(C(=O)Cn1cc(Cl)cc(Cl)c1=O)C1CCCCC1. The quantitative estimate of drug-likeness (QED) is 0.860. The van der Waals surface area contributed by atoms with Crippen LogP contribution in [0.15, 0.2) is 17.1 Å². The van der Waals surface area contributed by atoms with Gasteiger partial charge < -0.3 is 9.47 Å². The summed E-state index contributed by atoms with van der Waals surface area (Å²) in [4.78, 5) is 25.9. The van der Waals surface area contributed by atoms with E-state index in [2.05, 4.69) is 0 Å². The van der Waals surface area contributed by atoms with Crippen LogP contribution in [0.25, 0.3) is 0 Å². The maximum atomic E-state index is 12.3. The highest BCUT2D eigenvalue weighted by molar-refractivity contribution is 6.34. The molecule has 1 amide bonds. The zero-order chi connectivity index (χ0) is 14.7. The Balaban J connectivity index is 2.09. The first-order valence-electron chi connectivity index (χ1n) is 6.80. The van der Waals surface area contributed by atoms with Crippen LogP contribution in [0.3, 0.4) is 0 Å². The summed E-state index contributed by atoms with van der Waals surface area (Å²) in [5.74, 6) is -0.0858. The van der Waals surface area contributed by atoms with Crippen molar-refractivity contribution < 1.29 is 4.79 Å². The number of pyridine rings is 1. The van der Waals surface area contributed by atoms with Crippen molar-refractivity contribution >= 4 is 29.1 Å². The van der Waals surface area contributed by atoms with E-state index in [4.69, 9.17) is 23.2 Å². The maximum absolute atomic E-state index is 12.3. The van der Waals surface area contributed by atoms with Gasteiger partial charge in [0.25, 0.3) is 5.56 Å². The fourth-order valence-corrected chi connectivity index (χ4v) is 3.12. The van der Waals surface area contributed by atoms with Gasteiger partial charge in [-0.15, -0.1) is 0 Å². The number of carbonyl (C=O) groups excluding carboxylic acids is 1. The molecule has 110 valence electrons. The van der Waals surface area contributed by atoms with Gasteiger partial charge in [-0.25, -0.2) is 0 Å². The van der Waals surface area contributed by atoms with Crippen molar-refractivity contribution in [2.24, 2.45) is 0 Å². The van der Waals surface area contributed by atoms with Crippen molar-refractivity contribution in [2.45, 2.75) is 44.7 Å². The molecule has 0 bridgehead atoms. The topological polar surface area (TPSA) is 42.3 Å². The zero-order valence-corrected chi connectivity index (χ0v) is 13.0. The highest BCUT2D eigenvalue weighted by Gasteiger charge is 2.22. The van der Waals surface area contributed by atoms with Crippen LogP contribution in [0, 0.1) is 0 Å². The van der Waals surface area contributed by atoms with Gasteiger partial charge in [0.05, 0.1) is 5.02 Å². The van der Waals surface area contributed by atoms with E-state index in [0.29, 0.717) is 5.02 Å². The summed E-state index contributed by atoms with van der Waals surface area (Å²) in [6.45, 7) is -0.0217. The van der Waals surface area contributed by atoms with Crippen LogP contribution >= 0.6 is 23.2 Å². The molecule has 1 aliphatic rings. The fraction of sp³-hybridized carbons (Fsp3) is 0.571. The third-order valence-electron chi connectivity index (χ3n) is 3.83. The summed E-state index contributed by atoms with van der Waals surface area (Å²) in [7, 11) is 1.80. The Hall–Kier alpha value is -1.00. The summed E-state index contributed by atoms with van der Waals surface area (Å²) in [6, 6.07) is 1.67. The minimum atomic E-state index is -0.388. The Morgan fingerprint density at radius 2 is 2.00 bits per heavy atom. The Bertz CT molecular complexity index is 551. The lowest BCUT2D eigenvalue weighted by atomic mass is 9.94. The van der Waals surface area contributed by atoms with Crippen LogP contribution in [0.4, 0.5) is 0 Å². The van der Waals surface area contributed by atoms with Gasteiger partial charge >= 0.3 is 0 Å². The molecule has 1 aromatic rings. The molecule has 1 aromatic heterocycles. The van der Waals surface area contributed by atoms with E-state index in [1.807, 2.05) is 0 Å². The molecule has 0 aromatic carbocycles. The minimum absolute atomic E-state index is 0.0217. The van der Waals surface area contributed by atoms with E-state index in [9.17, 15) is 9.59 Å². The lowest BCUT2D eigenvalue weighted by Gasteiger charge is -2.31. The zero-order valence-electron chi connectivity index (χ0n) is 11.4. The Kier molecular flexibility index (Phi) is 5.11. The Labute approximate surface area is 128 Å². The molecular weight excluding hydrogens is 299 g/mol. The third-order valence-corrected chi connectivity index (χ3v) is 4.31. The number of likely N-dealkylation sites (N-methyl/N-ethyl adjacent to an activating group) is 1. The van der Waals surface area contributed by atoms with Crippen molar-refractivity contribution in [1.29, 1.82) is 0 Å². The first kappa shape index (κ1) is 15.4. The number of nitrogens with zero attached hydrogens (tertiary/aromatic N) is 2. The van der Waals surface area contributed by atoms with Crippen molar-refractivity contribution in [2.75, 3.05) is 7.05 Å². The Morgan fingerprint density at radius 3 is 2.65 bits per heavy atom. The second-order valence-corrected chi connectivity index (χ2v) is 6.08. The number of halogens is 2. The maximum Gasteiger partial charge on any atom is 0.269 e. The highest BCUT2D eigenvalue weighted by atomic mass is 35.5. The average Bonchev–Trinajstić information content (AvgIpc) is 2.44. The first-order valence-corrected chi connectivity index (χ1v) is 7.56. The van der Waals surface area contributed by atoms with Crippen LogP contribution in [0.1, 0.15) is 32.1 Å². The molecule has 0 spiro atoms. The number of hydrogen-bond acceptors (Lipinski definition) is 2. The van der Waals surface area contributed by atoms with Gasteiger partial charge in [0.15, 0.2) is 0 Å². The van der Waals surface area contributed by atoms with Gasteiger partial charge in [0.2, 0.25) is 5.91 Å². The predicted octanol–water partition coefficient (Wildman–Crippen LogP) is 2.95. The van der Waals surface area contributed by atoms with Gasteiger partial charge in [0.1, 0.15) is 11.6 Å². The molecule has 0 radical (unpaired) electrons. The highest BCUT2D eigenvalue weighted by Crippen LogP contribution is 2.21. The number of aromatic nitrogens is 1. The molecule has 1 saturated carbocycles. The van der Waals surface area contributed by atoms with E-state index < -0.39 is 0 Å². The molecular formula is C14H18Cl2N2O2. The molecule has 1 heterocycles. The molecule has 0 atom stereocenters. The standard InChI is InChI=1S/C14H18Cl2N2O2/c1-17(11-5-3-2-4-6-11)13(19)9-18-8-10(15)7-12(16)14(18)20/h7-8,11H,2-6,9H2,1H3. The molecule has 4 nitrogen and oxygen atoms in total. The van der Waals surface area contributed by atoms with E-state index in [1.54, 1.807) is 11.9 Å². The molecule has 0 saturated heterocycles. The third kappa shape index (κ3) is 3.55. The van der Waals surface area contributed by atoms with Crippen LogP contribution in [0.2, 0.25) is 10.0 Å². The number of carbonyl (C=O) groups is 1. The van der Waals surface area contributed by atoms with E-state index in [1.165, 1.54) is 23.3 Å². The van der Waals surface area contributed by atoms with Gasteiger partial charge in [-0.05, 0) is 18.9 Å². The second-order valence-electron chi connectivity index (χ2n) is 5.24. The molecule has 2 rings (SSSR count). The van der Waals surface area contributed by atoms with Gasteiger partial charge in [-0.1, -0.05) is 42.5 Å². The molecule has 0 N–H and O–H groups in total. The largest absolute Gasteiger partial charge is 0.341 e. The summed E-state index contributed by atoms with van der Waals surface area (Å²) in [6.07, 6.45) is 7.07. The van der Waals surface area contributed by atoms with Gasteiger partial charge in [0, 0.05) is 19.3 Å². The molecule has 0 aliphatic heterocycles. The molecule has 1 fully saturated rings. The molecule has 0 unspecified atom stereocenters. The molecule has 1 aliphatic carbocycles. The van der Waals surface area contributed by atoms with E-state index >= 15 is 0 Å². The smallest absolute Gasteiger partial charge is 0.269 e. The number of rotatable bonds is 3. The number of hydrogen-bond donors (Lipinski definition) is 0. The van der Waals surface area contributed by atoms with Crippen molar-refractivity contribution in [3.8, 4) is 0 Å². The van der Waals surface area contributed by atoms with Crippen molar-refractivity contribution in [1.82, 2.24) is 9.47 Å². The van der Waals surface area contributed by atoms with E-state index in [0.717, 1.165) is 25.7 Å². The second kappa shape index (κ2) is 6.64. The van der Waals surface area contributed by atoms with E-state index in [-0.39, 0.29) is 29.1 Å². The first-order chi connectivity index (χ1) is 9.49. The summed E-state index contributed by atoms with van der Waals surface area (Å²) in [5, 5.41) is 0.383. The van der Waals surface area contributed by atoms with Crippen LogP contribution < -0.4 is 5.56 Å². The van der Waals surface area contributed by atoms with Crippen LogP contribution in [0.5, 0.6) is 0 Å². The van der Waals surface area contributed by atoms with Gasteiger partial charge in [-0.3, -0.25) is 9.59 Å². The fourth-order valence-electron chi connectivity index (χ4n) is 2.61. The minimum Gasteiger partial charge on any atom is -0.341 e. The predicted molar refractivity (Wildman–Crippen MR) is 80.4 cm³/mol. The van der Waals surface area contributed by atoms with Crippen molar-refractivity contribution in [3.63, 3.8) is 0 Å². The lowest BCUT2D eigenvalue weighted by Crippen LogP contribution is -2.41.